The fraction of sp³-hybridized carbons (Fsp3) is 0.375. The van der Waals surface area contributed by atoms with Crippen molar-refractivity contribution in [1.82, 2.24) is 10.2 Å². The van der Waals surface area contributed by atoms with E-state index < -0.39 is 28.5 Å². The second-order valence-electron chi connectivity index (χ2n) is 10.9. The first-order valence-corrected chi connectivity index (χ1v) is 16.2. The van der Waals surface area contributed by atoms with Crippen LogP contribution in [0.4, 0.5) is 5.69 Å². The number of nitrogens with zero attached hydrogens (tertiary/aromatic N) is 2. The maximum absolute atomic E-state index is 14.3. The highest BCUT2D eigenvalue weighted by atomic mass is 35.5. The molecule has 12 heteroatoms. The lowest BCUT2D eigenvalue weighted by molar-refractivity contribution is -0.139. The Hall–Kier alpha value is -3.47. The Kier molecular flexibility index (Phi) is 11.9. The summed E-state index contributed by atoms with van der Waals surface area (Å²) >= 11 is 12.5. The van der Waals surface area contributed by atoms with Crippen LogP contribution >= 0.6 is 23.2 Å². The van der Waals surface area contributed by atoms with Gasteiger partial charge in [-0.25, -0.2) is 8.42 Å². The molecule has 238 valence electrons. The number of nitrogens with one attached hydrogen (secondary N) is 1. The zero-order valence-electron chi connectivity index (χ0n) is 26.0. The molecule has 0 aliphatic carbocycles. The van der Waals surface area contributed by atoms with Crippen molar-refractivity contribution in [3.8, 4) is 11.5 Å². The molecule has 9 nitrogen and oxygen atoms in total. The van der Waals surface area contributed by atoms with E-state index in [4.69, 9.17) is 32.7 Å². The Balaban J connectivity index is 2.11. The van der Waals surface area contributed by atoms with E-state index in [1.807, 2.05) is 33.8 Å². The highest BCUT2D eigenvalue weighted by Crippen LogP contribution is 2.33. The Labute approximate surface area is 270 Å². The number of carbonyl (C=O) groups is 2. The molecule has 0 aliphatic rings. The maximum atomic E-state index is 14.3. The first-order chi connectivity index (χ1) is 20.7. The molecule has 0 radical (unpaired) electrons. The van der Waals surface area contributed by atoms with Gasteiger partial charge < -0.3 is 19.7 Å². The largest absolute Gasteiger partial charge is 0.493 e. The lowest BCUT2D eigenvalue weighted by Crippen LogP contribution is -2.51. The molecule has 0 bridgehead atoms. The molecule has 2 amide bonds. The van der Waals surface area contributed by atoms with Crippen LogP contribution in [0.3, 0.4) is 0 Å². The summed E-state index contributed by atoms with van der Waals surface area (Å²) in [5, 5.41) is 3.59. The van der Waals surface area contributed by atoms with E-state index in [1.54, 1.807) is 37.3 Å². The number of hydrogen-bond donors (Lipinski definition) is 1. The standard InChI is InChI=1S/C32H39Cl2N3O6S/c1-20(2)17-35-32(39)23(5)36(18-24-8-9-25(33)15-28(24)34)31(38)19-37(26-13-21(3)12-22(4)14-26)44(40,41)27-10-11-29(42-6)30(16-27)43-7/h8-16,20,23H,17-19H2,1-7H3,(H,35,39)/t23-/m0/s1. The third kappa shape index (κ3) is 8.58. The van der Waals surface area contributed by atoms with Gasteiger partial charge in [0.2, 0.25) is 11.8 Å². The highest BCUT2D eigenvalue weighted by molar-refractivity contribution is 7.92. The van der Waals surface area contributed by atoms with Crippen LogP contribution in [0.25, 0.3) is 0 Å². The van der Waals surface area contributed by atoms with Gasteiger partial charge >= 0.3 is 0 Å². The average molecular weight is 665 g/mol. The third-order valence-electron chi connectivity index (χ3n) is 6.92. The number of aryl methyl sites for hydroxylation is 2. The van der Waals surface area contributed by atoms with Gasteiger partial charge in [0.25, 0.3) is 10.0 Å². The molecular weight excluding hydrogens is 625 g/mol. The second kappa shape index (κ2) is 15.0. The van der Waals surface area contributed by atoms with Gasteiger partial charge in [-0.15, -0.1) is 0 Å². The number of carbonyl (C=O) groups excluding carboxylic acids is 2. The van der Waals surface area contributed by atoms with Crippen molar-refractivity contribution >= 4 is 50.7 Å². The molecule has 0 aromatic heterocycles. The highest BCUT2D eigenvalue weighted by Gasteiger charge is 2.33. The van der Waals surface area contributed by atoms with Gasteiger partial charge in [0, 0.05) is 29.2 Å². The summed E-state index contributed by atoms with van der Waals surface area (Å²) in [4.78, 5) is 28.6. The molecule has 1 N–H and O–H groups in total. The van der Waals surface area contributed by atoms with Gasteiger partial charge in [-0.3, -0.25) is 13.9 Å². The van der Waals surface area contributed by atoms with Crippen LogP contribution < -0.4 is 19.1 Å². The fourth-order valence-electron chi connectivity index (χ4n) is 4.60. The van der Waals surface area contributed by atoms with Gasteiger partial charge in [0.15, 0.2) is 11.5 Å². The van der Waals surface area contributed by atoms with Crippen LogP contribution in [0.1, 0.15) is 37.5 Å². The quantitative estimate of drug-likeness (QED) is 0.240. The van der Waals surface area contributed by atoms with Crippen molar-refractivity contribution < 1.29 is 27.5 Å². The van der Waals surface area contributed by atoms with E-state index in [-0.39, 0.29) is 29.0 Å². The fourth-order valence-corrected chi connectivity index (χ4v) is 6.48. The average Bonchev–Trinajstić information content (AvgIpc) is 2.96. The van der Waals surface area contributed by atoms with E-state index in [2.05, 4.69) is 5.32 Å². The molecule has 0 saturated carbocycles. The van der Waals surface area contributed by atoms with Crippen molar-refractivity contribution in [2.24, 2.45) is 5.92 Å². The number of rotatable bonds is 13. The molecule has 0 spiro atoms. The monoisotopic (exact) mass is 663 g/mol. The summed E-state index contributed by atoms with van der Waals surface area (Å²) in [6, 6.07) is 13.4. The minimum Gasteiger partial charge on any atom is -0.493 e. The van der Waals surface area contributed by atoms with Crippen molar-refractivity contribution in [3.05, 3.63) is 81.3 Å². The summed E-state index contributed by atoms with van der Waals surface area (Å²) in [5.74, 6) is -0.223. The van der Waals surface area contributed by atoms with Crippen LogP contribution in [-0.2, 0) is 26.2 Å². The summed E-state index contributed by atoms with van der Waals surface area (Å²) in [5.41, 5.74) is 2.47. The second-order valence-corrected chi connectivity index (χ2v) is 13.7. The molecule has 3 aromatic carbocycles. The molecule has 0 unspecified atom stereocenters. The molecule has 0 fully saturated rings. The zero-order valence-corrected chi connectivity index (χ0v) is 28.3. The van der Waals surface area contributed by atoms with Crippen LogP contribution in [0.5, 0.6) is 11.5 Å². The minimum atomic E-state index is -4.32. The molecule has 3 aromatic rings. The summed E-state index contributed by atoms with van der Waals surface area (Å²) in [6.07, 6.45) is 0. The van der Waals surface area contributed by atoms with Crippen LogP contribution in [0, 0.1) is 19.8 Å². The van der Waals surface area contributed by atoms with Gasteiger partial charge in [-0.1, -0.05) is 49.2 Å². The molecule has 3 rings (SSSR count). The van der Waals surface area contributed by atoms with Gasteiger partial charge in [0.05, 0.1) is 24.8 Å². The van der Waals surface area contributed by atoms with E-state index in [0.29, 0.717) is 33.6 Å². The van der Waals surface area contributed by atoms with Gasteiger partial charge in [0.1, 0.15) is 12.6 Å². The summed E-state index contributed by atoms with van der Waals surface area (Å²) in [7, 11) is -1.46. The number of halogens is 2. The first-order valence-electron chi connectivity index (χ1n) is 14.0. The Morgan fingerprint density at radius 2 is 1.52 bits per heavy atom. The number of hydrogen-bond acceptors (Lipinski definition) is 6. The molecule has 1 atom stereocenters. The Bertz CT molecular complexity index is 1590. The van der Waals surface area contributed by atoms with Crippen molar-refractivity contribution in [2.45, 2.75) is 52.1 Å². The van der Waals surface area contributed by atoms with Crippen LogP contribution in [0.2, 0.25) is 10.0 Å². The number of amides is 2. The maximum Gasteiger partial charge on any atom is 0.264 e. The van der Waals surface area contributed by atoms with Crippen LogP contribution in [-0.4, -0.2) is 58.5 Å². The SMILES string of the molecule is COc1ccc(S(=O)(=O)N(CC(=O)N(Cc2ccc(Cl)cc2Cl)[C@@H](C)C(=O)NCC(C)C)c2cc(C)cc(C)c2)cc1OC. The van der Waals surface area contributed by atoms with Gasteiger partial charge in [-0.05, 0) is 79.8 Å². The normalized spacial score (nSPS) is 12.0. The Morgan fingerprint density at radius 3 is 2.09 bits per heavy atom. The molecule has 0 saturated heterocycles. The number of benzene rings is 3. The number of anilines is 1. The molecule has 0 aliphatic heterocycles. The number of sulfonamides is 1. The molecule has 44 heavy (non-hydrogen) atoms. The van der Waals surface area contributed by atoms with E-state index in [0.717, 1.165) is 15.4 Å². The predicted octanol–water partition coefficient (Wildman–Crippen LogP) is 6.01. The Morgan fingerprint density at radius 1 is 0.886 bits per heavy atom. The lowest BCUT2D eigenvalue weighted by atomic mass is 10.1. The topological polar surface area (TPSA) is 105 Å². The van der Waals surface area contributed by atoms with E-state index in [9.17, 15) is 18.0 Å². The van der Waals surface area contributed by atoms with Gasteiger partial charge in [-0.2, -0.15) is 0 Å². The summed E-state index contributed by atoms with van der Waals surface area (Å²) in [6.45, 7) is 8.97. The smallest absolute Gasteiger partial charge is 0.264 e. The first kappa shape index (κ1) is 35.0. The predicted molar refractivity (Wildman–Crippen MR) is 174 cm³/mol. The van der Waals surface area contributed by atoms with Crippen molar-refractivity contribution in [2.75, 3.05) is 31.6 Å². The lowest BCUT2D eigenvalue weighted by Gasteiger charge is -2.32. The molecule has 0 heterocycles. The van der Waals surface area contributed by atoms with Crippen molar-refractivity contribution in [1.29, 1.82) is 0 Å². The van der Waals surface area contributed by atoms with Crippen molar-refractivity contribution in [3.63, 3.8) is 0 Å². The summed E-state index contributed by atoms with van der Waals surface area (Å²) < 4.78 is 40.2. The number of ether oxygens (including phenoxy) is 2. The van der Waals surface area contributed by atoms with Crippen LogP contribution in [0.15, 0.2) is 59.5 Å². The van der Waals surface area contributed by atoms with E-state index in [1.165, 1.54) is 37.3 Å². The zero-order chi connectivity index (χ0) is 32.8. The molecular formula is C32H39Cl2N3O6S. The third-order valence-corrected chi connectivity index (χ3v) is 9.28. The number of methoxy groups -OCH3 is 2. The minimum absolute atomic E-state index is 0.0534. The van der Waals surface area contributed by atoms with E-state index >= 15 is 0 Å².